The topological polar surface area (TPSA) is 107 Å². The molecule has 2 N–H and O–H groups in total. The second-order valence-corrected chi connectivity index (χ2v) is 5.92. The van der Waals surface area contributed by atoms with E-state index in [1.165, 1.54) is 16.9 Å². The molecule has 0 unspecified atom stereocenters. The lowest BCUT2D eigenvalue weighted by atomic mass is 10.1. The van der Waals surface area contributed by atoms with Crippen LogP contribution in [-0.4, -0.2) is 38.4 Å². The number of rotatable bonds is 6. The molecular weight excluding hydrogens is 346 g/mol. The fourth-order valence-corrected chi connectivity index (χ4v) is 2.84. The number of anilines is 1. The van der Waals surface area contributed by atoms with Gasteiger partial charge in [-0.3, -0.25) is 9.59 Å². The second kappa shape index (κ2) is 7.86. The first-order valence-corrected chi connectivity index (χ1v) is 8.68. The number of carbonyl (C=O) groups excluding carboxylic acids is 1. The van der Waals surface area contributed by atoms with Gasteiger partial charge in [-0.25, -0.2) is 9.97 Å². The zero-order valence-corrected chi connectivity index (χ0v) is 15.3. The van der Waals surface area contributed by atoms with Crippen LogP contribution in [-0.2, 0) is 11.3 Å². The number of aromatic nitrogens is 3. The summed E-state index contributed by atoms with van der Waals surface area (Å²) in [6.45, 7) is 5.04. The van der Waals surface area contributed by atoms with Crippen molar-refractivity contribution in [2.45, 2.75) is 20.4 Å². The van der Waals surface area contributed by atoms with Gasteiger partial charge in [-0.05, 0) is 37.6 Å². The van der Waals surface area contributed by atoms with E-state index in [0.717, 1.165) is 0 Å². The molecule has 0 saturated heterocycles. The summed E-state index contributed by atoms with van der Waals surface area (Å²) < 4.78 is 6.80. The average molecular weight is 367 g/mol. The van der Waals surface area contributed by atoms with Gasteiger partial charge in [0.1, 0.15) is 12.2 Å². The number of hydrogen-bond donors (Lipinski definition) is 1. The normalized spacial score (nSPS) is 10.7. The van der Waals surface area contributed by atoms with Crippen LogP contribution in [0.25, 0.3) is 22.6 Å². The Labute approximate surface area is 156 Å². The first-order valence-electron chi connectivity index (χ1n) is 8.68. The molecule has 3 aromatic heterocycles. The molecule has 3 heterocycles. The number of nitrogens with zero attached hydrogens (tertiary/aromatic N) is 4. The molecule has 1 amide bonds. The third kappa shape index (κ3) is 3.89. The van der Waals surface area contributed by atoms with E-state index >= 15 is 0 Å². The van der Waals surface area contributed by atoms with E-state index in [2.05, 4.69) is 9.97 Å². The van der Waals surface area contributed by atoms with Crippen LogP contribution in [0.15, 0.2) is 52.1 Å². The van der Waals surface area contributed by atoms with E-state index in [-0.39, 0.29) is 24.0 Å². The van der Waals surface area contributed by atoms with Crippen molar-refractivity contribution < 1.29 is 9.21 Å². The van der Waals surface area contributed by atoms with Crippen LogP contribution >= 0.6 is 0 Å². The van der Waals surface area contributed by atoms with Crippen LogP contribution in [0.3, 0.4) is 0 Å². The summed E-state index contributed by atoms with van der Waals surface area (Å²) in [5.74, 6) is 0.547. The standard InChI is InChI=1S/C19H21N5O3/c1-3-23(4-2)17(26)12-24-8-7-13(10-16(24)25)14-11-21-19(20)22-18(14)15-6-5-9-27-15/h5-11H,3-4,12H2,1-2H3,(H2,20,21,22). The lowest BCUT2D eigenvalue weighted by molar-refractivity contribution is -0.131. The average Bonchev–Trinajstić information content (AvgIpc) is 3.19. The number of hydrogen-bond acceptors (Lipinski definition) is 6. The monoisotopic (exact) mass is 367 g/mol. The van der Waals surface area contributed by atoms with E-state index in [4.69, 9.17) is 10.2 Å². The van der Waals surface area contributed by atoms with E-state index in [0.29, 0.717) is 35.7 Å². The van der Waals surface area contributed by atoms with Crippen LogP contribution in [0.1, 0.15) is 13.8 Å². The molecule has 8 heteroatoms. The fourth-order valence-electron chi connectivity index (χ4n) is 2.84. The highest BCUT2D eigenvalue weighted by molar-refractivity contribution is 5.78. The number of pyridine rings is 1. The molecule has 0 aliphatic heterocycles. The Morgan fingerprint density at radius 1 is 1.30 bits per heavy atom. The van der Waals surface area contributed by atoms with Gasteiger partial charge in [-0.15, -0.1) is 0 Å². The molecule has 0 bridgehead atoms. The van der Waals surface area contributed by atoms with Crippen molar-refractivity contribution >= 4 is 11.9 Å². The number of furan rings is 1. The van der Waals surface area contributed by atoms with Gasteiger partial charge < -0.3 is 19.6 Å². The predicted molar refractivity (Wildman–Crippen MR) is 102 cm³/mol. The second-order valence-electron chi connectivity index (χ2n) is 5.92. The van der Waals surface area contributed by atoms with E-state index < -0.39 is 0 Å². The number of likely N-dealkylation sites (N-methyl/N-ethyl adjacent to an activating group) is 1. The van der Waals surface area contributed by atoms with Crippen molar-refractivity contribution in [1.82, 2.24) is 19.4 Å². The molecule has 0 fully saturated rings. The summed E-state index contributed by atoms with van der Waals surface area (Å²) in [6, 6.07) is 6.71. The molecule has 140 valence electrons. The third-order valence-corrected chi connectivity index (χ3v) is 4.29. The largest absolute Gasteiger partial charge is 0.463 e. The van der Waals surface area contributed by atoms with Crippen LogP contribution in [0.5, 0.6) is 0 Å². The van der Waals surface area contributed by atoms with Crippen molar-refractivity contribution in [3.8, 4) is 22.6 Å². The Morgan fingerprint density at radius 3 is 2.70 bits per heavy atom. The molecule has 3 rings (SSSR count). The summed E-state index contributed by atoms with van der Waals surface area (Å²) in [5.41, 5.74) is 7.17. The minimum atomic E-state index is -0.282. The van der Waals surface area contributed by atoms with Gasteiger partial charge in [0.2, 0.25) is 11.9 Å². The highest BCUT2D eigenvalue weighted by Crippen LogP contribution is 2.29. The minimum Gasteiger partial charge on any atom is -0.463 e. The van der Waals surface area contributed by atoms with Gasteiger partial charge in [0.15, 0.2) is 5.76 Å². The highest BCUT2D eigenvalue weighted by Gasteiger charge is 2.15. The Hall–Kier alpha value is -3.42. The van der Waals surface area contributed by atoms with Crippen LogP contribution in [0, 0.1) is 0 Å². The first kappa shape index (κ1) is 18.4. The number of amides is 1. The maximum atomic E-state index is 12.5. The molecule has 0 aliphatic rings. The van der Waals surface area contributed by atoms with Gasteiger partial charge in [0.05, 0.1) is 6.26 Å². The molecule has 8 nitrogen and oxygen atoms in total. The molecule has 0 aliphatic carbocycles. The van der Waals surface area contributed by atoms with E-state index in [1.807, 2.05) is 13.8 Å². The lowest BCUT2D eigenvalue weighted by Gasteiger charge is -2.19. The Bertz CT molecular complexity index is 991. The Balaban J connectivity index is 1.95. The molecule has 0 radical (unpaired) electrons. The highest BCUT2D eigenvalue weighted by atomic mass is 16.3. The van der Waals surface area contributed by atoms with Gasteiger partial charge in [-0.2, -0.15) is 0 Å². The molecule has 0 spiro atoms. The van der Waals surface area contributed by atoms with E-state index in [1.54, 1.807) is 35.5 Å². The summed E-state index contributed by atoms with van der Waals surface area (Å²) in [4.78, 5) is 34.7. The molecular formula is C19H21N5O3. The third-order valence-electron chi connectivity index (χ3n) is 4.29. The molecule has 0 atom stereocenters. The van der Waals surface area contributed by atoms with Gasteiger partial charge >= 0.3 is 0 Å². The van der Waals surface area contributed by atoms with Crippen LogP contribution in [0.4, 0.5) is 5.95 Å². The zero-order valence-electron chi connectivity index (χ0n) is 15.3. The SMILES string of the molecule is CCN(CC)C(=O)Cn1ccc(-c2cnc(N)nc2-c2ccco2)cc1=O. The van der Waals surface area contributed by atoms with Crippen molar-refractivity contribution in [2.24, 2.45) is 0 Å². The smallest absolute Gasteiger partial charge is 0.251 e. The zero-order chi connectivity index (χ0) is 19.4. The maximum Gasteiger partial charge on any atom is 0.251 e. The molecule has 3 aromatic rings. The van der Waals surface area contributed by atoms with Gasteiger partial charge in [-0.1, -0.05) is 0 Å². The van der Waals surface area contributed by atoms with Crippen molar-refractivity contribution in [1.29, 1.82) is 0 Å². The Kier molecular flexibility index (Phi) is 5.35. The van der Waals surface area contributed by atoms with Crippen molar-refractivity contribution in [3.05, 3.63) is 53.3 Å². The number of nitrogens with two attached hydrogens (primary N) is 1. The Morgan fingerprint density at radius 2 is 2.07 bits per heavy atom. The summed E-state index contributed by atoms with van der Waals surface area (Å²) in [7, 11) is 0. The summed E-state index contributed by atoms with van der Waals surface area (Å²) in [5, 5.41) is 0. The quantitative estimate of drug-likeness (QED) is 0.714. The molecule has 27 heavy (non-hydrogen) atoms. The lowest BCUT2D eigenvalue weighted by Crippen LogP contribution is -2.36. The summed E-state index contributed by atoms with van der Waals surface area (Å²) >= 11 is 0. The first-order chi connectivity index (χ1) is 13.0. The fraction of sp³-hybridized carbons (Fsp3) is 0.263. The van der Waals surface area contributed by atoms with Gasteiger partial charge in [0, 0.05) is 37.1 Å². The number of carbonyl (C=O) groups is 1. The van der Waals surface area contributed by atoms with Gasteiger partial charge in [0.25, 0.3) is 5.56 Å². The maximum absolute atomic E-state index is 12.5. The van der Waals surface area contributed by atoms with Crippen LogP contribution in [0.2, 0.25) is 0 Å². The number of nitrogen functional groups attached to an aromatic ring is 1. The minimum absolute atomic E-state index is 0.00404. The molecule has 0 saturated carbocycles. The van der Waals surface area contributed by atoms with Crippen molar-refractivity contribution in [2.75, 3.05) is 18.8 Å². The molecule has 0 aromatic carbocycles. The predicted octanol–water partition coefficient (Wildman–Crippen LogP) is 2.02. The van der Waals surface area contributed by atoms with Crippen molar-refractivity contribution in [3.63, 3.8) is 0 Å². The van der Waals surface area contributed by atoms with Crippen LogP contribution < -0.4 is 11.3 Å². The van der Waals surface area contributed by atoms with E-state index in [9.17, 15) is 9.59 Å². The summed E-state index contributed by atoms with van der Waals surface area (Å²) in [6.07, 6.45) is 4.69.